The number of hydrogen-bond donors (Lipinski definition) is 3. The van der Waals surface area contributed by atoms with Crippen LogP contribution in [0.2, 0.25) is 0 Å². The first-order valence-corrected chi connectivity index (χ1v) is 20.6. The van der Waals surface area contributed by atoms with E-state index < -0.39 is 12.1 Å². The molecule has 0 aromatic rings. The molecular formula is C42H81NO3. The summed E-state index contributed by atoms with van der Waals surface area (Å²) in [5.41, 5.74) is 0. The highest BCUT2D eigenvalue weighted by atomic mass is 16.3. The van der Waals surface area contributed by atoms with Crippen molar-refractivity contribution < 1.29 is 15.0 Å². The Balaban J connectivity index is 3.57. The van der Waals surface area contributed by atoms with Crippen molar-refractivity contribution in [1.29, 1.82) is 0 Å². The molecule has 0 aromatic heterocycles. The van der Waals surface area contributed by atoms with E-state index in [4.69, 9.17) is 0 Å². The first kappa shape index (κ1) is 44.9. The molecule has 4 heteroatoms. The van der Waals surface area contributed by atoms with E-state index in [-0.39, 0.29) is 12.5 Å². The maximum Gasteiger partial charge on any atom is 0.220 e. The molecular weight excluding hydrogens is 566 g/mol. The molecule has 3 N–H and O–H groups in total. The van der Waals surface area contributed by atoms with Crippen LogP contribution in [0.15, 0.2) is 24.3 Å². The van der Waals surface area contributed by atoms with Gasteiger partial charge in [-0.25, -0.2) is 0 Å². The number of carbonyl (C=O) groups is 1. The van der Waals surface area contributed by atoms with E-state index in [1.54, 1.807) is 6.08 Å². The Morgan fingerprint density at radius 1 is 0.500 bits per heavy atom. The highest BCUT2D eigenvalue weighted by Crippen LogP contribution is 2.15. The van der Waals surface area contributed by atoms with Crippen LogP contribution < -0.4 is 5.32 Å². The van der Waals surface area contributed by atoms with Crippen molar-refractivity contribution >= 4 is 5.91 Å². The van der Waals surface area contributed by atoms with Crippen LogP contribution in [0.1, 0.15) is 219 Å². The number of allylic oxidation sites excluding steroid dienone is 3. The number of rotatable bonds is 37. The number of aliphatic hydroxyl groups is 2. The molecule has 0 fully saturated rings. The number of unbranched alkanes of at least 4 members (excludes halogenated alkanes) is 28. The van der Waals surface area contributed by atoms with Gasteiger partial charge in [0.25, 0.3) is 0 Å². The molecule has 0 saturated carbocycles. The molecule has 0 aliphatic heterocycles. The van der Waals surface area contributed by atoms with Crippen molar-refractivity contribution in [2.45, 2.75) is 231 Å². The highest BCUT2D eigenvalue weighted by Gasteiger charge is 2.17. The molecule has 4 nitrogen and oxygen atoms in total. The van der Waals surface area contributed by atoms with E-state index in [0.29, 0.717) is 6.42 Å². The summed E-state index contributed by atoms with van der Waals surface area (Å²) in [7, 11) is 0. The second-order valence-corrected chi connectivity index (χ2v) is 14.1. The minimum Gasteiger partial charge on any atom is -0.394 e. The highest BCUT2D eigenvalue weighted by molar-refractivity contribution is 5.76. The predicted octanol–water partition coefficient (Wildman–Crippen LogP) is 12.5. The Bertz CT molecular complexity index is 661. The van der Waals surface area contributed by atoms with E-state index >= 15 is 0 Å². The summed E-state index contributed by atoms with van der Waals surface area (Å²) >= 11 is 0. The van der Waals surface area contributed by atoms with Crippen molar-refractivity contribution in [3.8, 4) is 0 Å². The third kappa shape index (κ3) is 34.2. The fourth-order valence-electron chi connectivity index (χ4n) is 6.23. The lowest BCUT2D eigenvalue weighted by atomic mass is 10.0. The molecule has 0 saturated heterocycles. The SMILES string of the molecule is CCCCCCCC/C=C\CCCCCC(=O)NC(CO)C(O)/C=C/CCCCCCCCCCCCCCCCCCCCC. The fraction of sp³-hybridized carbons (Fsp3) is 0.881. The third-order valence-corrected chi connectivity index (χ3v) is 9.43. The van der Waals surface area contributed by atoms with Gasteiger partial charge in [-0.3, -0.25) is 4.79 Å². The molecule has 0 radical (unpaired) electrons. The maximum absolute atomic E-state index is 12.3. The van der Waals surface area contributed by atoms with Crippen molar-refractivity contribution in [3.63, 3.8) is 0 Å². The largest absolute Gasteiger partial charge is 0.394 e. The van der Waals surface area contributed by atoms with Gasteiger partial charge in [0.15, 0.2) is 0 Å². The predicted molar refractivity (Wildman–Crippen MR) is 202 cm³/mol. The average molecular weight is 648 g/mol. The lowest BCUT2D eigenvalue weighted by molar-refractivity contribution is -0.123. The lowest BCUT2D eigenvalue weighted by Crippen LogP contribution is -2.45. The van der Waals surface area contributed by atoms with Gasteiger partial charge in [0.2, 0.25) is 5.91 Å². The standard InChI is InChI=1S/C42H81NO3/c1-3-5-7-9-11-13-15-17-18-19-20-21-22-23-24-26-27-29-31-33-35-37-41(45)40(39-44)43-42(46)38-36-34-32-30-28-25-16-14-12-10-8-6-4-2/h25,28,35,37,40-41,44-45H,3-24,26-27,29-34,36,38-39H2,1-2H3,(H,43,46)/b28-25-,37-35+. The Morgan fingerprint density at radius 2 is 0.826 bits per heavy atom. The van der Waals surface area contributed by atoms with Crippen LogP contribution >= 0.6 is 0 Å². The van der Waals surface area contributed by atoms with Crippen molar-refractivity contribution in [1.82, 2.24) is 5.32 Å². The van der Waals surface area contributed by atoms with E-state index in [1.807, 2.05) is 6.08 Å². The molecule has 46 heavy (non-hydrogen) atoms. The van der Waals surface area contributed by atoms with Crippen molar-refractivity contribution in [3.05, 3.63) is 24.3 Å². The fourth-order valence-corrected chi connectivity index (χ4v) is 6.23. The average Bonchev–Trinajstić information content (AvgIpc) is 3.06. The zero-order valence-corrected chi connectivity index (χ0v) is 31.1. The number of amides is 1. The summed E-state index contributed by atoms with van der Waals surface area (Å²) in [6.07, 6.45) is 48.5. The second-order valence-electron chi connectivity index (χ2n) is 14.1. The summed E-state index contributed by atoms with van der Waals surface area (Å²) in [6.45, 7) is 4.30. The van der Waals surface area contributed by atoms with E-state index in [0.717, 1.165) is 38.5 Å². The number of carbonyl (C=O) groups excluding carboxylic acids is 1. The molecule has 0 bridgehead atoms. The normalized spacial score (nSPS) is 13.2. The van der Waals surface area contributed by atoms with Crippen LogP contribution in [0.3, 0.4) is 0 Å². The molecule has 272 valence electrons. The Morgan fingerprint density at radius 3 is 1.20 bits per heavy atom. The summed E-state index contributed by atoms with van der Waals surface area (Å²) in [6, 6.07) is -0.626. The molecule has 0 aromatic carbocycles. The number of hydrogen-bond acceptors (Lipinski definition) is 3. The van der Waals surface area contributed by atoms with Crippen LogP contribution in [0.25, 0.3) is 0 Å². The molecule has 2 unspecified atom stereocenters. The van der Waals surface area contributed by atoms with Gasteiger partial charge in [0.1, 0.15) is 0 Å². The van der Waals surface area contributed by atoms with Gasteiger partial charge in [-0.05, 0) is 44.9 Å². The molecule has 0 aliphatic rings. The Labute approximate surface area is 288 Å². The maximum atomic E-state index is 12.3. The van der Waals surface area contributed by atoms with E-state index in [9.17, 15) is 15.0 Å². The van der Waals surface area contributed by atoms with Gasteiger partial charge in [-0.1, -0.05) is 192 Å². The van der Waals surface area contributed by atoms with Gasteiger partial charge < -0.3 is 15.5 Å². The molecule has 0 spiro atoms. The van der Waals surface area contributed by atoms with Crippen LogP contribution in [0.5, 0.6) is 0 Å². The van der Waals surface area contributed by atoms with Gasteiger partial charge in [-0.2, -0.15) is 0 Å². The van der Waals surface area contributed by atoms with Crippen LogP contribution in [0.4, 0.5) is 0 Å². The lowest BCUT2D eigenvalue weighted by Gasteiger charge is -2.19. The topological polar surface area (TPSA) is 69.6 Å². The summed E-state index contributed by atoms with van der Waals surface area (Å²) < 4.78 is 0. The Kier molecular flexibility index (Phi) is 37.4. The third-order valence-electron chi connectivity index (χ3n) is 9.43. The zero-order valence-electron chi connectivity index (χ0n) is 31.1. The quantitative estimate of drug-likeness (QED) is 0.0464. The zero-order chi connectivity index (χ0) is 33.6. The molecule has 0 heterocycles. The number of aliphatic hydroxyl groups excluding tert-OH is 2. The van der Waals surface area contributed by atoms with Crippen molar-refractivity contribution in [2.75, 3.05) is 6.61 Å². The molecule has 0 aliphatic carbocycles. The first-order valence-electron chi connectivity index (χ1n) is 20.6. The van der Waals surface area contributed by atoms with E-state index in [1.165, 1.54) is 161 Å². The smallest absolute Gasteiger partial charge is 0.220 e. The monoisotopic (exact) mass is 648 g/mol. The van der Waals surface area contributed by atoms with E-state index in [2.05, 4.69) is 31.3 Å². The number of nitrogens with one attached hydrogen (secondary N) is 1. The molecule has 2 atom stereocenters. The van der Waals surface area contributed by atoms with Crippen LogP contribution in [-0.4, -0.2) is 34.9 Å². The first-order chi connectivity index (χ1) is 22.7. The van der Waals surface area contributed by atoms with Gasteiger partial charge in [0, 0.05) is 6.42 Å². The van der Waals surface area contributed by atoms with Gasteiger partial charge >= 0.3 is 0 Å². The van der Waals surface area contributed by atoms with Gasteiger partial charge in [-0.15, -0.1) is 0 Å². The molecule has 1 amide bonds. The second kappa shape index (κ2) is 38.3. The molecule has 0 rings (SSSR count). The van der Waals surface area contributed by atoms with Gasteiger partial charge in [0.05, 0.1) is 18.8 Å². The van der Waals surface area contributed by atoms with Crippen LogP contribution in [-0.2, 0) is 4.79 Å². The summed E-state index contributed by atoms with van der Waals surface area (Å²) in [5.74, 6) is -0.0797. The minimum absolute atomic E-state index is 0.0797. The minimum atomic E-state index is -0.842. The summed E-state index contributed by atoms with van der Waals surface area (Å²) in [4.78, 5) is 12.3. The van der Waals surface area contributed by atoms with Crippen molar-refractivity contribution in [2.24, 2.45) is 0 Å². The Hall–Kier alpha value is -1.13. The van der Waals surface area contributed by atoms with Crippen LogP contribution in [0, 0.1) is 0 Å². The summed E-state index contributed by atoms with van der Waals surface area (Å²) in [5, 5.41) is 22.9.